The highest BCUT2D eigenvalue weighted by atomic mass is 35.5. The molecule has 0 aliphatic rings. The Hall–Kier alpha value is -1.87. The lowest BCUT2D eigenvalue weighted by Gasteiger charge is -1.95. The third-order valence-corrected chi connectivity index (χ3v) is 2.70. The molecule has 0 radical (unpaired) electrons. The summed E-state index contributed by atoms with van der Waals surface area (Å²) in [5.74, 6) is 0.568. The molecule has 0 atom stereocenters. The van der Waals surface area contributed by atoms with E-state index in [9.17, 15) is 0 Å². The van der Waals surface area contributed by atoms with E-state index in [1.54, 1.807) is 12.1 Å². The van der Waals surface area contributed by atoms with Crippen molar-refractivity contribution in [1.29, 1.82) is 0 Å². The van der Waals surface area contributed by atoms with E-state index < -0.39 is 0 Å². The Morgan fingerprint density at radius 3 is 2.82 bits per heavy atom. The SMILES string of the molecule is Cc1cccc(-c2nc3ccc(Cl)nc3o2)c1. The van der Waals surface area contributed by atoms with Crippen molar-refractivity contribution in [3.05, 3.63) is 47.1 Å². The highest BCUT2D eigenvalue weighted by Gasteiger charge is 2.09. The van der Waals surface area contributed by atoms with Crippen molar-refractivity contribution in [3.8, 4) is 11.5 Å². The maximum Gasteiger partial charge on any atom is 0.248 e. The van der Waals surface area contributed by atoms with Crippen molar-refractivity contribution < 1.29 is 4.42 Å². The van der Waals surface area contributed by atoms with Crippen molar-refractivity contribution >= 4 is 22.8 Å². The maximum atomic E-state index is 5.80. The number of pyridine rings is 1. The summed E-state index contributed by atoms with van der Waals surface area (Å²) in [4.78, 5) is 8.46. The predicted octanol–water partition coefficient (Wildman–Crippen LogP) is 3.85. The summed E-state index contributed by atoms with van der Waals surface area (Å²) in [7, 11) is 0. The van der Waals surface area contributed by atoms with Gasteiger partial charge in [-0.05, 0) is 31.2 Å². The van der Waals surface area contributed by atoms with Gasteiger partial charge in [0.05, 0.1) is 0 Å². The molecule has 3 nitrogen and oxygen atoms in total. The Morgan fingerprint density at radius 2 is 2.00 bits per heavy atom. The van der Waals surface area contributed by atoms with E-state index in [1.807, 2.05) is 31.2 Å². The van der Waals surface area contributed by atoms with Gasteiger partial charge < -0.3 is 4.42 Å². The van der Waals surface area contributed by atoms with Gasteiger partial charge in [-0.2, -0.15) is 4.98 Å². The maximum absolute atomic E-state index is 5.80. The third kappa shape index (κ3) is 1.89. The first-order valence-corrected chi connectivity index (χ1v) is 5.60. The van der Waals surface area contributed by atoms with Gasteiger partial charge in [-0.25, -0.2) is 4.98 Å². The molecule has 1 aromatic carbocycles. The average Bonchev–Trinajstić information content (AvgIpc) is 2.72. The minimum Gasteiger partial charge on any atom is -0.418 e. The molecular weight excluding hydrogens is 236 g/mol. The summed E-state index contributed by atoms with van der Waals surface area (Å²) in [5.41, 5.74) is 3.29. The number of benzene rings is 1. The molecule has 2 heterocycles. The molecular formula is C13H9ClN2O. The summed E-state index contributed by atoms with van der Waals surface area (Å²) in [5, 5.41) is 0.407. The summed E-state index contributed by atoms with van der Waals surface area (Å²) in [6.07, 6.45) is 0. The highest BCUT2D eigenvalue weighted by Crippen LogP contribution is 2.24. The third-order valence-electron chi connectivity index (χ3n) is 2.49. The Morgan fingerprint density at radius 1 is 1.12 bits per heavy atom. The zero-order valence-corrected chi connectivity index (χ0v) is 9.90. The van der Waals surface area contributed by atoms with E-state index in [1.165, 1.54) is 0 Å². The van der Waals surface area contributed by atoms with Crippen molar-refractivity contribution in [2.75, 3.05) is 0 Å². The van der Waals surface area contributed by atoms with Crippen molar-refractivity contribution in [2.24, 2.45) is 0 Å². The number of hydrogen-bond donors (Lipinski definition) is 0. The Bertz CT molecular complexity index is 691. The lowest BCUT2D eigenvalue weighted by Crippen LogP contribution is -1.78. The molecule has 0 aliphatic carbocycles. The number of aryl methyl sites for hydroxylation is 1. The molecule has 4 heteroatoms. The van der Waals surface area contributed by atoms with Gasteiger partial charge in [-0.1, -0.05) is 29.3 Å². The molecule has 17 heavy (non-hydrogen) atoms. The number of halogens is 1. The number of nitrogens with zero attached hydrogens (tertiary/aromatic N) is 2. The minimum absolute atomic E-state index is 0.407. The van der Waals surface area contributed by atoms with Crippen LogP contribution in [0.25, 0.3) is 22.7 Å². The molecule has 0 spiro atoms. The van der Waals surface area contributed by atoms with E-state index >= 15 is 0 Å². The van der Waals surface area contributed by atoms with E-state index in [0.717, 1.165) is 11.1 Å². The van der Waals surface area contributed by atoms with Crippen LogP contribution in [0.4, 0.5) is 0 Å². The molecule has 0 saturated carbocycles. The van der Waals surface area contributed by atoms with E-state index in [2.05, 4.69) is 9.97 Å². The first kappa shape index (κ1) is 10.3. The molecule has 0 bridgehead atoms. The van der Waals surface area contributed by atoms with Gasteiger partial charge in [0.2, 0.25) is 11.6 Å². The standard InChI is InChI=1S/C13H9ClN2O/c1-8-3-2-4-9(7-8)12-15-10-5-6-11(14)16-13(10)17-12/h2-7H,1H3. The van der Waals surface area contributed by atoms with Crippen molar-refractivity contribution in [1.82, 2.24) is 9.97 Å². The molecule has 0 N–H and O–H groups in total. The van der Waals surface area contributed by atoms with Crippen LogP contribution in [0.5, 0.6) is 0 Å². The first-order valence-electron chi connectivity index (χ1n) is 5.22. The fourth-order valence-corrected chi connectivity index (χ4v) is 1.84. The molecule has 0 fully saturated rings. The Kier molecular flexibility index (Phi) is 2.34. The van der Waals surface area contributed by atoms with Crippen LogP contribution in [0.2, 0.25) is 5.15 Å². The average molecular weight is 245 g/mol. The summed E-state index contributed by atoms with van der Waals surface area (Å²) in [6.45, 7) is 2.03. The fraction of sp³-hybridized carbons (Fsp3) is 0.0769. The topological polar surface area (TPSA) is 38.9 Å². The lowest BCUT2D eigenvalue weighted by molar-refractivity contribution is 0.608. The summed E-state index contributed by atoms with van der Waals surface area (Å²) >= 11 is 5.80. The molecule has 84 valence electrons. The lowest BCUT2D eigenvalue weighted by atomic mass is 10.1. The molecule has 0 amide bonds. The molecule has 3 aromatic rings. The molecule has 0 aliphatic heterocycles. The van der Waals surface area contributed by atoms with E-state index in [-0.39, 0.29) is 0 Å². The van der Waals surface area contributed by atoms with Gasteiger partial charge in [0, 0.05) is 5.56 Å². The smallest absolute Gasteiger partial charge is 0.248 e. The largest absolute Gasteiger partial charge is 0.418 e. The van der Waals surface area contributed by atoms with Gasteiger partial charge in [0.1, 0.15) is 10.7 Å². The Labute approximate surface area is 103 Å². The normalized spacial score (nSPS) is 10.9. The van der Waals surface area contributed by atoms with Gasteiger partial charge in [0.15, 0.2) is 0 Å². The number of hydrogen-bond acceptors (Lipinski definition) is 3. The number of rotatable bonds is 1. The number of aromatic nitrogens is 2. The quantitative estimate of drug-likeness (QED) is 0.611. The first-order chi connectivity index (χ1) is 8.22. The molecule has 0 unspecified atom stereocenters. The second-order valence-electron chi connectivity index (χ2n) is 3.85. The van der Waals surface area contributed by atoms with Gasteiger partial charge >= 0.3 is 0 Å². The van der Waals surface area contributed by atoms with E-state index in [4.69, 9.17) is 16.0 Å². The van der Waals surface area contributed by atoms with E-state index in [0.29, 0.717) is 22.3 Å². The fourth-order valence-electron chi connectivity index (χ4n) is 1.70. The zero-order chi connectivity index (χ0) is 11.8. The highest BCUT2D eigenvalue weighted by molar-refractivity contribution is 6.29. The number of oxazole rings is 1. The molecule has 2 aromatic heterocycles. The predicted molar refractivity (Wildman–Crippen MR) is 67.0 cm³/mol. The molecule has 0 saturated heterocycles. The van der Waals surface area contributed by atoms with Crippen LogP contribution in [-0.4, -0.2) is 9.97 Å². The van der Waals surface area contributed by atoms with Crippen LogP contribution in [0.3, 0.4) is 0 Å². The summed E-state index contributed by atoms with van der Waals surface area (Å²) in [6, 6.07) is 11.5. The van der Waals surface area contributed by atoms with Gasteiger partial charge in [-0.15, -0.1) is 0 Å². The number of fused-ring (bicyclic) bond motifs is 1. The zero-order valence-electron chi connectivity index (χ0n) is 9.14. The van der Waals surface area contributed by atoms with Gasteiger partial charge in [0.25, 0.3) is 0 Å². The van der Waals surface area contributed by atoms with Crippen LogP contribution in [0.1, 0.15) is 5.56 Å². The van der Waals surface area contributed by atoms with Crippen LogP contribution in [-0.2, 0) is 0 Å². The van der Waals surface area contributed by atoms with Crippen LogP contribution >= 0.6 is 11.6 Å². The van der Waals surface area contributed by atoms with Crippen molar-refractivity contribution in [2.45, 2.75) is 6.92 Å². The van der Waals surface area contributed by atoms with Crippen LogP contribution in [0.15, 0.2) is 40.8 Å². The second kappa shape index (κ2) is 3.86. The van der Waals surface area contributed by atoms with Crippen LogP contribution < -0.4 is 0 Å². The second-order valence-corrected chi connectivity index (χ2v) is 4.23. The molecule has 3 rings (SSSR count). The Balaban J connectivity index is 2.18. The summed E-state index contributed by atoms with van der Waals surface area (Å²) < 4.78 is 5.58. The van der Waals surface area contributed by atoms with Gasteiger partial charge in [-0.3, -0.25) is 0 Å². The monoisotopic (exact) mass is 244 g/mol. The van der Waals surface area contributed by atoms with Crippen LogP contribution in [0, 0.1) is 6.92 Å². The van der Waals surface area contributed by atoms with Crippen molar-refractivity contribution in [3.63, 3.8) is 0 Å². The minimum atomic E-state index is 0.407.